The van der Waals surface area contributed by atoms with Crippen molar-refractivity contribution in [3.05, 3.63) is 0 Å². The van der Waals surface area contributed by atoms with E-state index in [0.29, 0.717) is 13.0 Å². The minimum absolute atomic E-state index is 0.182. The predicted octanol–water partition coefficient (Wildman–Crippen LogP) is 0.0203. The molecule has 0 aliphatic rings. The molecule has 0 saturated heterocycles. The Hall–Kier alpha value is -2.12. The van der Waals surface area contributed by atoms with Gasteiger partial charge in [0.15, 0.2) is 0 Å². The average molecular weight is 274 g/mol. The second-order valence-electron chi connectivity index (χ2n) is 3.61. The van der Waals surface area contributed by atoms with E-state index in [9.17, 15) is 19.2 Å². The Labute approximate surface area is 110 Å². The molecule has 0 bridgehead atoms. The van der Waals surface area contributed by atoms with Gasteiger partial charge in [-0.25, -0.2) is 4.79 Å². The third-order valence-corrected chi connectivity index (χ3v) is 1.97. The van der Waals surface area contributed by atoms with Gasteiger partial charge in [-0.1, -0.05) is 0 Å². The lowest BCUT2D eigenvalue weighted by Gasteiger charge is -2.06. The fourth-order valence-corrected chi connectivity index (χ4v) is 1.12. The lowest BCUT2D eigenvalue weighted by molar-refractivity contribution is -0.143. The summed E-state index contributed by atoms with van der Waals surface area (Å²) in [7, 11) is 0. The molecule has 3 N–H and O–H groups in total. The number of esters is 1. The Morgan fingerprint density at radius 3 is 2.37 bits per heavy atom. The van der Waals surface area contributed by atoms with Gasteiger partial charge in [0.25, 0.3) is 0 Å². The van der Waals surface area contributed by atoms with E-state index in [1.165, 1.54) is 0 Å². The molecule has 0 unspecified atom stereocenters. The molecule has 0 aliphatic carbocycles. The SMILES string of the molecule is CCOC(=O)CCCNC(=O)NC(=O)CCC(=O)O. The van der Waals surface area contributed by atoms with Crippen molar-refractivity contribution in [2.45, 2.75) is 32.6 Å². The topological polar surface area (TPSA) is 122 Å². The summed E-state index contributed by atoms with van der Waals surface area (Å²) in [5.74, 6) is -2.11. The summed E-state index contributed by atoms with van der Waals surface area (Å²) >= 11 is 0. The number of hydrogen-bond donors (Lipinski definition) is 3. The molecule has 8 nitrogen and oxygen atoms in total. The second-order valence-corrected chi connectivity index (χ2v) is 3.61. The molecule has 8 heteroatoms. The van der Waals surface area contributed by atoms with Crippen LogP contribution < -0.4 is 10.6 Å². The molecular weight excluding hydrogens is 256 g/mol. The first-order valence-corrected chi connectivity index (χ1v) is 5.90. The first-order chi connectivity index (χ1) is 8.95. The summed E-state index contributed by atoms with van der Waals surface area (Å²) in [6.07, 6.45) is -0.00972. The molecule has 19 heavy (non-hydrogen) atoms. The van der Waals surface area contributed by atoms with E-state index in [4.69, 9.17) is 9.84 Å². The van der Waals surface area contributed by atoms with Gasteiger partial charge in [0.2, 0.25) is 5.91 Å². The number of nitrogens with one attached hydrogen (secondary N) is 2. The number of imide groups is 1. The summed E-state index contributed by atoms with van der Waals surface area (Å²) in [4.78, 5) is 43.4. The van der Waals surface area contributed by atoms with Crippen LogP contribution in [0.1, 0.15) is 32.6 Å². The van der Waals surface area contributed by atoms with Crippen LogP contribution in [0.25, 0.3) is 0 Å². The van der Waals surface area contributed by atoms with Crippen LogP contribution in [-0.2, 0) is 19.1 Å². The lowest BCUT2D eigenvalue weighted by atomic mass is 10.3. The first-order valence-electron chi connectivity index (χ1n) is 5.90. The van der Waals surface area contributed by atoms with E-state index in [-0.39, 0.29) is 31.8 Å². The van der Waals surface area contributed by atoms with Gasteiger partial charge in [-0.3, -0.25) is 19.7 Å². The van der Waals surface area contributed by atoms with E-state index in [1.54, 1.807) is 6.92 Å². The zero-order chi connectivity index (χ0) is 14.7. The van der Waals surface area contributed by atoms with Gasteiger partial charge in [-0.15, -0.1) is 0 Å². The third kappa shape index (κ3) is 10.7. The molecule has 0 atom stereocenters. The zero-order valence-corrected chi connectivity index (χ0v) is 10.7. The average Bonchev–Trinajstić information content (AvgIpc) is 2.32. The molecule has 0 aromatic rings. The first kappa shape index (κ1) is 16.9. The van der Waals surface area contributed by atoms with Crippen molar-refractivity contribution in [3.63, 3.8) is 0 Å². The fourth-order valence-electron chi connectivity index (χ4n) is 1.12. The predicted molar refractivity (Wildman–Crippen MR) is 64.3 cm³/mol. The summed E-state index contributed by atoms with van der Waals surface area (Å²) < 4.78 is 4.69. The van der Waals surface area contributed by atoms with Gasteiger partial charge in [0.1, 0.15) is 0 Å². The van der Waals surface area contributed by atoms with Crippen LogP contribution in [0.5, 0.6) is 0 Å². The lowest BCUT2D eigenvalue weighted by Crippen LogP contribution is -2.40. The molecular formula is C11H18N2O6. The van der Waals surface area contributed by atoms with E-state index in [2.05, 4.69) is 5.32 Å². The molecule has 0 aromatic heterocycles. The molecule has 108 valence electrons. The number of carboxylic acid groups (broad SMARTS) is 1. The molecule has 0 aliphatic heterocycles. The van der Waals surface area contributed by atoms with Crippen LogP contribution in [0.4, 0.5) is 4.79 Å². The van der Waals surface area contributed by atoms with Crippen molar-refractivity contribution in [3.8, 4) is 0 Å². The highest BCUT2D eigenvalue weighted by molar-refractivity contribution is 5.95. The number of carboxylic acids is 1. The summed E-state index contributed by atoms with van der Waals surface area (Å²) in [5.41, 5.74) is 0. The minimum Gasteiger partial charge on any atom is -0.481 e. The summed E-state index contributed by atoms with van der Waals surface area (Å²) in [5, 5.41) is 12.7. The Bertz CT molecular complexity index is 342. The van der Waals surface area contributed by atoms with Crippen LogP contribution in [-0.4, -0.2) is 42.1 Å². The number of aliphatic carboxylic acids is 1. The van der Waals surface area contributed by atoms with E-state index >= 15 is 0 Å². The molecule has 0 fully saturated rings. The number of amides is 3. The molecule has 0 spiro atoms. The summed E-state index contributed by atoms with van der Waals surface area (Å²) in [6, 6.07) is -0.709. The maximum Gasteiger partial charge on any atom is 0.321 e. The largest absolute Gasteiger partial charge is 0.481 e. The van der Waals surface area contributed by atoms with E-state index < -0.39 is 17.9 Å². The second kappa shape index (κ2) is 9.86. The standard InChI is InChI=1S/C11H18N2O6/c1-2-19-10(17)4-3-7-12-11(18)13-8(14)5-6-9(15)16/h2-7H2,1H3,(H,15,16)(H2,12,13,14,18). The highest BCUT2D eigenvalue weighted by Crippen LogP contribution is 1.91. The van der Waals surface area contributed by atoms with Crippen molar-refractivity contribution in [1.29, 1.82) is 0 Å². The van der Waals surface area contributed by atoms with Crippen molar-refractivity contribution < 1.29 is 29.0 Å². The maximum atomic E-state index is 11.2. The molecule has 0 heterocycles. The zero-order valence-electron chi connectivity index (χ0n) is 10.7. The fraction of sp³-hybridized carbons (Fsp3) is 0.636. The van der Waals surface area contributed by atoms with Gasteiger partial charge in [-0.2, -0.15) is 0 Å². The van der Waals surface area contributed by atoms with Crippen molar-refractivity contribution in [1.82, 2.24) is 10.6 Å². The molecule has 0 saturated carbocycles. The summed E-state index contributed by atoms with van der Waals surface area (Å²) in [6.45, 7) is 2.23. The van der Waals surface area contributed by atoms with Gasteiger partial charge in [-0.05, 0) is 13.3 Å². The highest BCUT2D eigenvalue weighted by atomic mass is 16.5. The third-order valence-electron chi connectivity index (χ3n) is 1.97. The van der Waals surface area contributed by atoms with E-state index in [1.807, 2.05) is 5.32 Å². The number of carbonyl (C=O) groups excluding carboxylic acids is 3. The van der Waals surface area contributed by atoms with Crippen molar-refractivity contribution in [2.24, 2.45) is 0 Å². The highest BCUT2D eigenvalue weighted by Gasteiger charge is 2.09. The monoisotopic (exact) mass is 274 g/mol. The number of urea groups is 1. The molecule has 0 radical (unpaired) electrons. The quantitative estimate of drug-likeness (QED) is 0.423. The van der Waals surface area contributed by atoms with Crippen LogP contribution in [0.2, 0.25) is 0 Å². The Balaban J connectivity index is 3.61. The molecule has 0 aromatic carbocycles. The van der Waals surface area contributed by atoms with Gasteiger partial charge >= 0.3 is 18.0 Å². The van der Waals surface area contributed by atoms with E-state index in [0.717, 1.165) is 0 Å². The van der Waals surface area contributed by atoms with Crippen LogP contribution >= 0.6 is 0 Å². The normalized spacial score (nSPS) is 9.53. The number of rotatable bonds is 8. The van der Waals surface area contributed by atoms with Gasteiger partial charge < -0.3 is 15.2 Å². The van der Waals surface area contributed by atoms with Gasteiger partial charge in [0.05, 0.1) is 13.0 Å². The van der Waals surface area contributed by atoms with Crippen molar-refractivity contribution in [2.75, 3.05) is 13.2 Å². The maximum absolute atomic E-state index is 11.2. The number of hydrogen-bond acceptors (Lipinski definition) is 5. The Morgan fingerprint density at radius 1 is 1.11 bits per heavy atom. The molecule has 0 rings (SSSR count). The minimum atomic E-state index is -1.11. The Morgan fingerprint density at radius 2 is 1.79 bits per heavy atom. The Kier molecular flexibility index (Phi) is 8.76. The smallest absolute Gasteiger partial charge is 0.321 e. The van der Waals surface area contributed by atoms with Crippen molar-refractivity contribution >= 4 is 23.9 Å². The van der Waals surface area contributed by atoms with Crippen LogP contribution in [0.3, 0.4) is 0 Å². The number of carbonyl (C=O) groups is 4. The number of ether oxygens (including phenoxy) is 1. The molecule has 3 amide bonds. The van der Waals surface area contributed by atoms with Gasteiger partial charge in [0, 0.05) is 19.4 Å². The van der Waals surface area contributed by atoms with Crippen LogP contribution in [0, 0.1) is 0 Å². The van der Waals surface area contributed by atoms with Crippen LogP contribution in [0.15, 0.2) is 0 Å².